The molecular formula is C15H18KN2O-. The Morgan fingerprint density at radius 2 is 2.16 bits per heavy atom. The van der Waals surface area contributed by atoms with Crippen molar-refractivity contribution < 1.29 is 51.4 Å². The van der Waals surface area contributed by atoms with Crippen molar-refractivity contribution in [2.45, 2.75) is 25.8 Å². The molecule has 0 bridgehead atoms. The van der Waals surface area contributed by atoms with E-state index in [9.17, 15) is 4.79 Å². The molecule has 0 atom stereocenters. The van der Waals surface area contributed by atoms with E-state index in [2.05, 4.69) is 24.9 Å². The van der Waals surface area contributed by atoms with Crippen LogP contribution in [0.15, 0.2) is 17.6 Å². The SMILES string of the molecule is C=[C-]c1c(C)cn(C2CC3(CNC3)C2)c(=O)c1[CH2-].[K+]. The minimum Gasteiger partial charge on any atom is -0.387 e. The number of rotatable bonds is 2. The van der Waals surface area contributed by atoms with Crippen LogP contribution in [0.2, 0.25) is 0 Å². The molecular weight excluding hydrogens is 263 g/mol. The largest absolute Gasteiger partial charge is 1.00 e. The molecule has 0 radical (unpaired) electrons. The summed E-state index contributed by atoms with van der Waals surface area (Å²) in [4.78, 5) is 12.3. The van der Waals surface area contributed by atoms with Crippen molar-refractivity contribution >= 4 is 0 Å². The van der Waals surface area contributed by atoms with Gasteiger partial charge in [-0.2, -0.15) is 12.1 Å². The summed E-state index contributed by atoms with van der Waals surface area (Å²) in [6, 6.07) is 0.345. The van der Waals surface area contributed by atoms with E-state index in [1.165, 1.54) is 0 Å². The molecule has 2 aliphatic rings. The van der Waals surface area contributed by atoms with Crippen LogP contribution in [-0.4, -0.2) is 17.7 Å². The van der Waals surface area contributed by atoms with Crippen LogP contribution in [0.25, 0.3) is 0 Å². The number of hydrogen-bond donors (Lipinski definition) is 1. The maximum absolute atomic E-state index is 12.3. The normalized spacial score (nSPS) is 20.3. The van der Waals surface area contributed by atoms with Crippen LogP contribution < -0.4 is 62.3 Å². The average Bonchev–Trinajstić information content (AvgIpc) is 2.22. The van der Waals surface area contributed by atoms with Crippen molar-refractivity contribution in [1.82, 2.24) is 9.88 Å². The number of nitrogens with zero attached hydrogens (tertiary/aromatic N) is 1. The number of nitrogens with one attached hydrogen (secondary N) is 1. The Hall–Kier alpha value is 0.156. The first-order valence-electron chi connectivity index (χ1n) is 6.38. The van der Waals surface area contributed by atoms with Gasteiger partial charge in [0, 0.05) is 19.1 Å². The monoisotopic (exact) mass is 281 g/mol. The summed E-state index contributed by atoms with van der Waals surface area (Å²) in [6.07, 6.45) is 6.96. The summed E-state index contributed by atoms with van der Waals surface area (Å²) in [6.45, 7) is 11.7. The molecule has 96 valence electrons. The number of aryl methyl sites for hydroxylation is 1. The Morgan fingerprint density at radius 3 is 2.63 bits per heavy atom. The Labute approximate surface area is 156 Å². The molecule has 3 nitrogen and oxygen atoms in total. The van der Waals surface area contributed by atoms with Crippen molar-refractivity contribution in [3.63, 3.8) is 0 Å². The van der Waals surface area contributed by atoms with Crippen molar-refractivity contribution in [2.75, 3.05) is 13.1 Å². The molecule has 1 aliphatic carbocycles. The molecule has 1 saturated heterocycles. The van der Waals surface area contributed by atoms with Crippen LogP contribution in [0.5, 0.6) is 0 Å². The van der Waals surface area contributed by atoms with Gasteiger partial charge in [0.2, 0.25) is 0 Å². The minimum atomic E-state index is 0. The number of aromatic nitrogens is 1. The first-order valence-corrected chi connectivity index (χ1v) is 6.38. The van der Waals surface area contributed by atoms with Gasteiger partial charge in [0.1, 0.15) is 0 Å². The Bertz CT molecular complexity index is 564. The first kappa shape index (κ1) is 15.5. The van der Waals surface area contributed by atoms with Gasteiger partial charge in [0.15, 0.2) is 0 Å². The van der Waals surface area contributed by atoms with Crippen molar-refractivity contribution in [3.8, 4) is 0 Å². The Balaban J connectivity index is 0.00000133. The molecule has 0 amide bonds. The molecule has 1 aromatic rings. The second-order valence-electron chi connectivity index (χ2n) is 5.72. The van der Waals surface area contributed by atoms with Gasteiger partial charge in [-0.1, -0.05) is 13.1 Å². The quantitative estimate of drug-likeness (QED) is 0.535. The molecule has 2 heterocycles. The zero-order valence-corrected chi connectivity index (χ0v) is 14.9. The number of hydrogen-bond acceptors (Lipinski definition) is 2. The molecule has 2 fully saturated rings. The summed E-state index contributed by atoms with van der Waals surface area (Å²) < 4.78 is 1.86. The van der Waals surface area contributed by atoms with Crippen LogP contribution in [0.4, 0.5) is 0 Å². The van der Waals surface area contributed by atoms with Crippen molar-refractivity contribution in [1.29, 1.82) is 0 Å². The standard InChI is InChI=1S/C15H18N2O.K/c1-4-13-10(2)7-17(14(18)11(13)3)12-5-15(6-12)8-16-9-15;/h7,12,16H,1,3,5-6,8-9H2,2H3;/q-2;+1. The van der Waals surface area contributed by atoms with Gasteiger partial charge in [-0.25, -0.2) is 12.5 Å². The van der Waals surface area contributed by atoms with E-state index < -0.39 is 0 Å². The molecule has 1 aromatic heterocycles. The summed E-state index contributed by atoms with van der Waals surface area (Å²) in [5.74, 6) is 0. The minimum absolute atomic E-state index is 0. The van der Waals surface area contributed by atoms with E-state index in [0.29, 0.717) is 17.0 Å². The molecule has 19 heavy (non-hydrogen) atoms. The van der Waals surface area contributed by atoms with E-state index in [1.54, 1.807) is 0 Å². The maximum atomic E-state index is 12.3. The molecule has 0 aromatic carbocycles. The third-order valence-corrected chi connectivity index (χ3v) is 4.43. The van der Waals surface area contributed by atoms with Crippen LogP contribution in [-0.2, 0) is 0 Å². The predicted molar refractivity (Wildman–Crippen MR) is 71.4 cm³/mol. The van der Waals surface area contributed by atoms with E-state index in [4.69, 9.17) is 0 Å². The third-order valence-electron chi connectivity index (χ3n) is 4.43. The van der Waals surface area contributed by atoms with Crippen molar-refractivity contribution in [2.24, 2.45) is 5.41 Å². The fourth-order valence-corrected chi connectivity index (χ4v) is 3.25. The van der Waals surface area contributed by atoms with Crippen LogP contribution >= 0.6 is 0 Å². The average molecular weight is 281 g/mol. The van der Waals surface area contributed by atoms with Crippen LogP contribution in [0.3, 0.4) is 0 Å². The molecule has 1 saturated carbocycles. The van der Waals surface area contributed by atoms with E-state index in [1.807, 2.05) is 17.7 Å². The summed E-state index contributed by atoms with van der Waals surface area (Å²) in [5, 5.41) is 3.31. The Kier molecular flexibility index (Phi) is 4.50. The first-order chi connectivity index (χ1) is 8.56. The van der Waals surface area contributed by atoms with Crippen molar-refractivity contribution in [3.05, 3.63) is 52.8 Å². The summed E-state index contributed by atoms with van der Waals surface area (Å²) in [5.41, 5.74) is 2.80. The summed E-state index contributed by atoms with van der Waals surface area (Å²) in [7, 11) is 0. The molecule has 1 N–H and O–H groups in total. The maximum Gasteiger partial charge on any atom is 1.00 e. The van der Waals surface area contributed by atoms with Crippen LogP contribution in [0.1, 0.15) is 35.6 Å². The van der Waals surface area contributed by atoms with Gasteiger partial charge in [0.25, 0.3) is 0 Å². The van der Waals surface area contributed by atoms with Gasteiger partial charge in [-0.15, -0.1) is 0 Å². The van der Waals surface area contributed by atoms with Gasteiger partial charge in [-0.3, -0.25) is 11.6 Å². The molecule has 3 rings (SSSR count). The second-order valence-corrected chi connectivity index (χ2v) is 5.72. The second kappa shape index (κ2) is 5.51. The molecule has 1 aliphatic heterocycles. The Morgan fingerprint density at radius 1 is 1.53 bits per heavy atom. The van der Waals surface area contributed by atoms with E-state index in [-0.39, 0.29) is 56.9 Å². The smallest absolute Gasteiger partial charge is 0.387 e. The zero-order valence-electron chi connectivity index (χ0n) is 11.8. The van der Waals surface area contributed by atoms with E-state index >= 15 is 0 Å². The molecule has 1 spiro atoms. The van der Waals surface area contributed by atoms with Gasteiger partial charge < -0.3 is 14.7 Å². The van der Waals surface area contributed by atoms with Gasteiger partial charge in [-0.05, 0) is 18.3 Å². The molecule has 4 heteroatoms. The zero-order chi connectivity index (χ0) is 12.9. The third kappa shape index (κ3) is 2.43. The fraction of sp³-hybridized carbons (Fsp3) is 0.467. The predicted octanol–water partition coefficient (Wildman–Crippen LogP) is -1.40. The summed E-state index contributed by atoms with van der Waals surface area (Å²) >= 11 is 0. The van der Waals surface area contributed by atoms with Gasteiger partial charge >= 0.3 is 51.4 Å². The van der Waals surface area contributed by atoms with Gasteiger partial charge in [0.05, 0.1) is 5.56 Å². The molecule has 0 unspecified atom stereocenters. The van der Waals surface area contributed by atoms with E-state index in [0.717, 1.165) is 37.1 Å². The van der Waals surface area contributed by atoms with Crippen LogP contribution in [0, 0.1) is 25.3 Å². The fourth-order valence-electron chi connectivity index (χ4n) is 3.25. The topological polar surface area (TPSA) is 34.0 Å². The number of pyridine rings is 1.